The summed E-state index contributed by atoms with van der Waals surface area (Å²) in [5, 5.41) is 0. The molecule has 1 saturated heterocycles. The second-order valence-electron chi connectivity index (χ2n) is 4.16. The molecule has 0 N–H and O–H groups in total. The van der Waals surface area contributed by atoms with Gasteiger partial charge in [0, 0.05) is 19.0 Å². The summed E-state index contributed by atoms with van der Waals surface area (Å²) < 4.78 is 6.59. The minimum Gasteiger partial charge on any atom is -0.377 e. The van der Waals surface area contributed by atoms with Gasteiger partial charge in [-0.2, -0.15) is 0 Å². The average Bonchev–Trinajstić information content (AvgIpc) is 2.83. The van der Waals surface area contributed by atoms with Crippen LogP contribution in [0.4, 0.5) is 0 Å². The predicted molar refractivity (Wildman–Crippen MR) is 77.6 cm³/mol. The van der Waals surface area contributed by atoms with Crippen molar-refractivity contribution in [3.05, 3.63) is 20.8 Å². The van der Waals surface area contributed by atoms with Gasteiger partial charge in [0.2, 0.25) is 0 Å². The van der Waals surface area contributed by atoms with Gasteiger partial charge in [-0.15, -0.1) is 22.9 Å². The third kappa shape index (κ3) is 3.70. The molecule has 1 amide bonds. The quantitative estimate of drug-likeness (QED) is 0.778. The first kappa shape index (κ1) is 14.3. The standard InChI is InChI=1S/C12H15BrClNO2S/c13-11-2-1-10(18-11)12(16)15-6-3-9(4-7-15)17-8-5-14/h1-2,9H,3-8H2. The minimum atomic E-state index is 0.126. The van der Waals surface area contributed by atoms with Crippen LogP contribution < -0.4 is 0 Å². The normalized spacial score (nSPS) is 17.1. The van der Waals surface area contributed by atoms with Crippen LogP contribution in [0, 0.1) is 0 Å². The summed E-state index contributed by atoms with van der Waals surface area (Å²) >= 11 is 10.4. The highest BCUT2D eigenvalue weighted by Crippen LogP contribution is 2.24. The predicted octanol–water partition coefficient (Wildman–Crippen LogP) is 3.37. The van der Waals surface area contributed by atoms with Gasteiger partial charge < -0.3 is 9.64 Å². The number of ether oxygens (including phenoxy) is 1. The Hall–Kier alpha value is -0.100. The van der Waals surface area contributed by atoms with E-state index in [1.54, 1.807) is 0 Å². The zero-order chi connectivity index (χ0) is 13.0. The molecule has 0 aliphatic carbocycles. The van der Waals surface area contributed by atoms with E-state index in [9.17, 15) is 4.79 Å². The third-order valence-electron chi connectivity index (χ3n) is 2.94. The maximum absolute atomic E-state index is 12.2. The lowest BCUT2D eigenvalue weighted by Crippen LogP contribution is -2.40. The van der Waals surface area contributed by atoms with Crippen molar-refractivity contribution in [2.75, 3.05) is 25.6 Å². The van der Waals surface area contributed by atoms with E-state index in [0.717, 1.165) is 34.6 Å². The van der Waals surface area contributed by atoms with Gasteiger partial charge in [-0.1, -0.05) is 0 Å². The van der Waals surface area contributed by atoms with E-state index < -0.39 is 0 Å². The molecule has 1 aromatic heterocycles. The van der Waals surface area contributed by atoms with Crippen molar-refractivity contribution >= 4 is 44.8 Å². The molecule has 0 saturated carbocycles. The van der Waals surface area contributed by atoms with E-state index >= 15 is 0 Å². The molecular formula is C12H15BrClNO2S. The lowest BCUT2D eigenvalue weighted by Gasteiger charge is -2.31. The highest BCUT2D eigenvalue weighted by atomic mass is 79.9. The molecule has 0 spiro atoms. The number of hydrogen-bond acceptors (Lipinski definition) is 3. The van der Waals surface area contributed by atoms with Crippen LogP contribution in [0.15, 0.2) is 15.9 Å². The van der Waals surface area contributed by atoms with Crippen LogP contribution in [0.1, 0.15) is 22.5 Å². The Morgan fingerprint density at radius 1 is 1.50 bits per heavy atom. The Bertz CT molecular complexity index is 405. The number of rotatable bonds is 4. The molecule has 2 rings (SSSR count). The zero-order valence-electron chi connectivity index (χ0n) is 9.90. The van der Waals surface area contributed by atoms with Gasteiger partial charge in [0.05, 0.1) is 21.4 Å². The van der Waals surface area contributed by atoms with Crippen molar-refractivity contribution in [3.63, 3.8) is 0 Å². The van der Waals surface area contributed by atoms with Gasteiger partial charge >= 0.3 is 0 Å². The molecule has 1 aromatic rings. The number of piperidine rings is 1. The molecule has 2 heterocycles. The van der Waals surface area contributed by atoms with Crippen molar-refractivity contribution in [1.29, 1.82) is 0 Å². The SMILES string of the molecule is O=C(c1ccc(Br)s1)N1CCC(OCCCl)CC1. The van der Waals surface area contributed by atoms with Crippen molar-refractivity contribution in [1.82, 2.24) is 4.90 Å². The highest BCUT2D eigenvalue weighted by Gasteiger charge is 2.24. The van der Waals surface area contributed by atoms with Crippen molar-refractivity contribution in [2.24, 2.45) is 0 Å². The number of alkyl halides is 1. The Morgan fingerprint density at radius 2 is 2.22 bits per heavy atom. The van der Waals surface area contributed by atoms with Gasteiger partial charge in [0.1, 0.15) is 0 Å². The van der Waals surface area contributed by atoms with Crippen LogP contribution >= 0.6 is 38.9 Å². The first-order chi connectivity index (χ1) is 8.70. The Morgan fingerprint density at radius 3 is 2.78 bits per heavy atom. The summed E-state index contributed by atoms with van der Waals surface area (Å²) in [4.78, 5) is 14.9. The largest absolute Gasteiger partial charge is 0.377 e. The molecule has 1 fully saturated rings. The molecule has 0 radical (unpaired) electrons. The molecule has 3 nitrogen and oxygen atoms in total. The van der Waals surface area contributed by atoms with Gasteiger partial charge in [0.25, 0.3) is 5.91 Å². The number of halogens is 2. The van der Waals surface area contributed by atoms with E-state index in [0.29, 0.717) is 12.5 Å². The number of likely N-dealkylation sites (tertiary alicyclic amines) is 1. The van der Waals surface area contributed by atoms with E-state index in [-0.39, 0.29) is 12.0 Å². The van der Waals surface area contributed by atoms with Gasteiger partial charge in [0.15, 0.2) is 0 Å². The fourth-order valence-corrected chi connectivity index (χ4v) is 3.46. The summed E-state index contributed by atoms with van der Waals surface area (Å²) in [7, 11) is 0. The van der Waals surface area contributed by atoms with Gasteiger partial charge in [-0.05, 0) is 40.9 Å². The molecular weight excluding hydrogens is 338 g/mol. The van der Waals surface area contributed by atoms with Gasteiger partial charge in [-0.3, -0.25) is 4.79 Å². The van der Waals surface area contributed by atoms with Gasteiger partial charge in [-0.25, -0.2) is 0 Å². The summed E-state index contributed by atoms with van der Waals surface area (Å²) in [5.74, 6) is 0.657. The van der Waals surface area contributed by atoms with E-state index in [4.69, 9.17) is 16.3 Å². The molecule has 0 bridgehead atoms. The Kier molecular flexibility index (Phi) is 5.48. The number of amides is 1. The molecule has 0 aromatic carbocycles. The first-order valence-electron chi connectivity index (χ1n) is 5.93. The van der Waals surface area contributed by atoms with E-state index in [1.807, 2.05) is 17.0 Å². The molecule has 6 heteroatoms. The summed E-state index contributed by atoms with van der Waals surface area (Å²) in [6.45, 7) is 2.13. The molecule has 1 aliphatic heterocycles. The van der Waals surface area contributed by atoms with Crippen LogP contribution in [-0.2, 0) is 4.74 Å². The van der Waals surface area contributed by atoms with Crippen molar-refractivity contribution in [2.45, 2.75) is 18.9 Å². The fraction of sp³-hybridized carbons (Fsp3) is 0.583. The van der Waals surface area contributed by atoms with Crippen LogP contribution in [-0.4, -0.2) is 42.5 Å². The van der Waals surface area contributed by atoms with Crippen molar-refractivity contribution < 1.29 is 9.53 Å². The Balaban J connectivity index is 1.84. The number of thiophene rings is 1. The Labute approximate surface area is 124 Å². The van der Waals surface area contributed by atoms with Crippen LogP contribution in [0.25, 0.3) is 0 Å². The maximum atomic E-state index is 12.2. The fourth-order valence-electron chi connectivity index (χ4n) is 2.02. The third-order valence-corrected chi connectivity index (χ3v) is 4.71. The summed E-state index contributed by atoms with van der Waals surface area (Å²) in [6.07, 6.45) is 2.05. The second kappa shape index (κ2) is 6.89. The molecule has 100 valence electrons. The number of nitrogens with zero attached hydrogens (tertiary/aromatic N) is 1. The average molecular weight is 353 g/mol. The van der Waals surface area contributed by atoms with Crippen LogP contribution in [0.5, 0.6) is 0 Å². The number of hydrogen-bond donors (Lipinski definition) is 0. The molecule has 18 heavy (non-hydrogen) atoms. The lowest BCUT2D eigenvalue weighted by molar-refractivity contribution is 0.0155. The van der Waals surface area contributed by atoms with E-state index in [2.05, 4.69) is 15.9 Å². The first-order valence-corrected chi connectivity index (χ1v) is 8.07. The summed E-state index contributed by atoms with van der Waals surface area (Å²) in [6, 6.07) is 3.78. The smallest absolute Gasteiger partial charge is 0.263 e. The molecule has 0 atom stereocenters. The van der Waals surface area contributed by atoms with Crippen LogP contribution in [0.2, 0.25) is 0 Å². The van der Waals surface area contributed by atoms with Crippen LogP contribution in [0.3, 0.4) is 0 Å². The second-order valence-corrected chi connectivity index (χ2v) is 7.00. The molecule has 1 aliphatic rings. The zero-order valence-corrected chi connectivity index (χ0v) is 13.1. The lowest BCUT2D eigenvalue weighted by atomic mass is 10.1. The monoisotopic (exact) mass is 351 g/mol. The van der Waals surface area contributed by atoms with Crippen molar-refractivity contribution in [3.8, 4) is 0 Å². The highest BCUT2D eigenvalue weighted by molar-refractivity contribution is 9.11. The summed E-state index contributed by atoms with van der Waals surface area (Å²) in [5.41, 5.74) is 0. The topological polar surface area (TPSA) is 29.5 Å². The molecule has 0 unspecified atom stereocenters. The van der Waals surface area contributed by atoms with E-state index in [1.165, 1.54) is 11.3 Å². The maximum Gasteiger partial charge on any atom is 0.263 e. The minimum absolute atomic E-state index is 0.126. The number of carbonyl (C=O) groups is 1. The number of carbonyl (C=O) groups excluding carboxylic acids is 1.